The van der Waals surface area contributed by atoms with Gasteiger partial charge in [-0.1, -0.05) is 0 Å². The zero-order valence-corrected chi connectivity index (χ0v) is 14.4. The predicted molar refractivity (Wildman–Crippen MR) is 88.4 cm³/mol. The normalized spacial score (nSPS) is 16.4. The number of amides is 1. The van der Waals surface area contributed by atoms with Crippen LogP contribution in [0.1, 0.15) is 46.2 Å². The minimum Gasteiger partial charge on any atom is -0.481 e. The van der Waals surface area contributed by atoms with Gasteiger partial charge in [0.05, 0.1) is 26.0 Å². The number of ether oxygens (including phenoxy) is 2. The lowest BCUT2D eigenvalue weighted by atomic mass is 9.91. The van der Waals surface area contributed by atoms with Crippen LogP contribution in [0.4, 0.5) is 0 Å². The second-order valence-electron chi connectivity index (χ2n) is 5.90. The van der Waals surface area contributed by atoms with Gasteiger partial charge in [0.2, 0.25) is 11.8 Å². The Hall–Kier alpha value is -2.57. The number of hydrogen-bond donors (Lipinski definition) is 1. The van der Waals surface area contributed by atoms with E-state index in [0.717, 1.165) is 30.5 Å². The van der Waals surface area contributed by atoms with Gasteiger partial charge in [-0.15, -0.1) is 0 Å². The summed E-state index contributed by atoms with van der Waals surface area (Å²) >= 11 is 0. The van der Waals surface area contributed by atoms with Gasteiger partial charge in [-0.05, 0) is 32.3 Å². The first kappa shape index (κ1) is 16.3. The van der Waals surface area contributed by atoms with Gasteiger partial charge < -0.3 is 14.8 Å². The number of aryl methyl sites for hydroxylation is 2. The summed E-state index contributed by atoms with van der Waals surface area (Å²) in [5.41, 5.74) is 3.70. The molecule has 3 rings (SSSR count). The topological polar surface area (TPSA) is 78.3 Å². The summed E-state index contributed by atoms with van der Waals surface area (Å²) in [6.07, 6.45) is 2.92. The molecule has 0 aliphatic heterocycles. The fraction of sp³-hybridized carbons (Fsp3) is 0.471. The van der Waals surface area contributed by atoms with Crippen molar-refractivity contribution in [3.8, 4) is 11.8 Å². The second kappa shape index (κ2) is 6.51. The van der Waals surface area contributed by atoms with E-state index in [0.29, 0.717) is 11.4 Å². The second-order valence-corrected chi connectivity index (χ2v) is 5.90. The van der Waals surface area contributed by atoms with Crippen molar-refractivity contribution >= 4 is 5.91 Å². The Balaban J connectivity index is 1.87. The lowest BCUT2D eigenvalue weighted by molar-refractivity contribution is 0.0928. The van der Waals surface area contributed by atoms with E-state index in [1.54, 1.807) is 12.1 Å². The first-order chi connectivity index (χ1) is 11.5. The molecule has 0 aromatic carbocycles. The molecule has 7 heteroatoms. The molecule has 1 N–H and O–H groups in total. The van der Waals surface area contributed by atoms with Crippen LogP contribution in [-0.2, 0) is 13.5 Å². The van der Waals surface area contributed by atoms with Gasteiger partial charge in [0.1, 0.15) is 5.56 Å². The Bertz CT molecular complexity index is 769. The van der Waals surface area contributed by atoms with Crippen LogP contribution in [0.15, 0.2) is 12.1 Å². The third-order valence-corrected chi connectivity index (χ3v) is 4.43. The Morgan fingerprint density at radius 2 is 2.12 bits per heavy atom. The quantitative estimate of drug-likeness (QED) is 0.927. The number of nitrogens with one attached hydrogen (secondary N) is 1. The molecule has 1 aliphatic rings. The molecule has 0 bridgehead atoms. The maximum Gasteiger partial charge on any atom is 0.257 e. The third-order valence-electron chi connectivity index (χ3n) is 4.43. The maximum atomic E-state index is 12.7. The van der Waals surface area contributed by atoms with Gasteiger partial charge in [0.25, 0.3) is 5.91 Å². The lowest BCUT2D eigenvalue weighted by Gasteiger charge is -2.24. The van der Waals surface area contributed by atoms with Gasteiger partial charge in [-0.3, -0.25) is 9.48 Å². The molecule has 0 fully saturated rings. The molecule has 0 spiro atoms. The molecule has 128 valence electrons. The van der Waals surface area contributed by atoms with Crippen molar-refractivity contribution in [3.05, 3.63) is 34.6 Å². The van der Waals surface area contributed by atoms with Crippen LogP contribution in [-0.4, -0.2) is 34.9 Å². The van der Waals surface area contributed by atoms with Gasteiger partial charge in [0.15, 0.2) is 0 Å². The molecule has 1 amide bonds. The fourth-order valence-corrected chi connectivity index (χ4v) is 3.34. The molecule has 1 atom stereocenters. The summed E-state index contributed by atoms with van der Waals surface area (Å²) in [7, 11) is 4.96. The van der Waals surface area contributed by atoms with Crippen LogP contribution in [0, 0.1) is 6.92 Å². The number of aromatic nitrogens is 3. The summed E-state index contributed by atoms with van der Waals surface area (Å²) in [6.45, 7) is 1.98. The Morgan fingerprint density at radius 3 is 2.83 bits per heavy atom. The van der Waals surface area contributed by atoms with E-state index >= 15 is 0 Å². The predicted octanol–water partition coefficient (Wildman–Crippen LogP) is 1.95. The van der Waals surface area contributed by atoms with Gasteiger partial charge in [-0.2, -0.15) is 10.1 Å². The number of carbonyl (C=O) groups is 1. The van der Waals surface area contributed by atoms with E-state index in [-0.39, 0.29) is 17.8 Å². The Kier molecular flexibility index (Phi) is 4.42. The number of rotatable bonds is 4. The van der Waals surface area contributed by atoms with Gasteiger partial charge in [-0.25, -0.2) is 0 Å². The minimum atomic E-state index is -0.205. The van der Waals surface area contributed by atoms with Crippen molar-refractivity contribution in [2.45, 2.75) is 32.2 Å². The highest BCUT2D eigenvalue weighted by Crippen LogP contribution is 2.32. The van der Waals surface area contributed by atoms with Crippen molar-refractivity contribution in [3.63, 3.8) is 0 Å². The van der Waals surface area contributed by atoms with E-state index in [9.17, 15) is 4.79 Å². The van der Waals surface area contributed by atoms with Crippen LogP contribution >= 0.6 is 0 Å². The van der Waals surface area contributed by atoms with Crippen molar-refractivity contribution in [2.75, 3.05) is 14.2 Å². The lowest BCUT2D eigenvalue weighted by Crippen LogP contribution is -2.31. The number of hydrogen-bond acceptors (Lipinski definition) is 5. The third kappa shape index (κ3) is 2.81. The molecule has 2 heterocycles. The highest BCUT2D eigenvalue weighted by atomic mass is 16.5. The van der Waals surface area contributed by atoms with E-state index < -0.39 is 0 Å². The van der Waals surface area contributed by atoms with E-state index in [4.69, 9.17) is 9.47 Å². The van der Waals surface area contributed by atoms with E-state index in [1.165, 1.54) is 19.9 Å². The first-order valence-electron chi connectivity index (χ1n) is 7.97. The van der Waals surface area contributed by atoms with Gasteiger partial charge in [0, 0.05) is 24.4 Å². The average Bonchev–Trinajstić information content (AvgIpc) is 2.89. The molecule has 0 saturated heterocycles. The molecule has 1 aliphatic carbocycles. The van der Waals surface area contributed by atoms with E-state index in [1.807, 2.05) is 18.7 Å². The largest absolute Gasteiger partial charge is 0.481 e. The molecule has 0 saturated carbocycles. The average molecular weight is 330 g/mol. The van der Waals surface area contributed by atoms with Crippen LogP contribution in [0.2, 0.25) is 0 Å². The van der Waals surface area contributed by atoms with Crippen molar-refractivity contribution < 1.29 is 14.3 Å². The van der Waals surface area contributed by atoms with Crippen molar-refractivity contribution in [2.24, 2.45) is 7.05 Å². The minimum absolute atomic E-state index is 0.0400. The van der Waals surface area contributed by atoms with Crippen molar-refractivity contribution in [1.29, 1.82) is 0 Å². The van der Waals surface area contributed by atoms with E-state index in [2.05, 4.69) is 15.4 Å². The summed E-state index contributed by atoms with van der Waals surface area (Å²) in [6, 6.07) is 3.28. The van der Waals surface area contributed by atoms with Crippen molar-refractivity contribution in [1.82, 2.24) is 20.1 Å². The molecular formula is C17H22N4O3. The zero-order chi connectivity index (χ0) is 17.3. The molecule has 2 aromatic rings. The zero-order valence-electron chi connectivity index (χ0n) is 14.4. The summed E-state index contributed by atoms with van der Waals surface area (Å²) in [5, 5.41) is 7.60. The van der Waals surface area contributed by atoms with Crippen LogP contribution < -0.4 is 14.8 Å². The maximum absolute atomic E-state index is 12.7. The number of methoxy groups -OCH3 is 2. The summed E-state index contributed by atoms with van der Waals surface area (Å²) in [4.78, 5) is 16.9. The summed E-state index contributed by atoms with van der Waals surface area (Å²) < 4.78 is 12.2. The monoisotopic (exact) mass is 330 g/mol. The summed E-state index contributed by atoms with van der Waals surface area (Å²) in [5.74, 6) is 0.459. The number of carbonyl (C=O) groups excluding carboxylic acids is 1. The highest BCUT2D eigenvalue weighted by Gasteiger charge is 2.28. The Morgan fingerprint density at radius 1 is 1.33 bits per heavy atom. The standard InChI is InChI=1S/C17H22N4O3/c1-10-15-12(6-5-7-13(15)21(2)20-10)18-16(22)11-8-9-14(23-3)19-17(11)24-4/h8-9,12H,5-7H2,1-4H3,(H,18,22). The van der Waals surface area contributed by atoms with Crippen LogP contribution in [0.5, 0.6) is 11.8 Å². The SMILES string of the molecule is COc1ccc(C(=O)NC2CCCc3c2c(C)nn3C)c(OC)n1. The Labute approximate surface area is 141 Å². The molecule has 2 aromatic heterocycles. The van der Waals surface area contributed by atoms with Gasteiger partial charge >= 0.3 is 0 Å². The van der Waals surface area contributed by atoms with Crippen LogP contribution in [0.25, 0.3) is 0 Å². The first-order valence-corrected chi connectivity index (χ1v) is 7.97. The molecular weight excluding hydrogens is 308 g/mol. The molecule has 24 heavy (non-hydrogen) atoms. The number of pyridine rings is 1. The molecule has 7 nitrogen and oxygen atoms in total. The van der Waals surface area contributed by atoms with Crippen LogP contribution in [0.3, 0.4) is 0 Å². The smallest absolute Gasteiger partial charge is 0.257 e. The number of nitrogens with zero attached hydrogens (tertiary/aromatic N) is 3. The highest BCUT2D eigenvalue weighted by molar-refractivity contribution is 5.96. The number of fused-ring (bicyclic) bond motifs is 1. The molecule has 1 unspecified atom stereocenters. The molecule has 0 radical (unpaired) electrons. The fourth-order valence-electron chi connectivity index (χ4n) is 3.34.